The van der Waals surface area contributed by atoms with Gasteiger partial charge in [0, 0.05) is 44.5 Å². The minimum atomic E-state index is 0.0224. The lowest BCUT2D eigenvalue weighted by atomic mass is 10.1. The number of nitrogens with zero attached hydrogens (tertiary/aromatic N) is 2. The molecule has 2 heterocycles. The zero-order valence-electron chi connectivity index (χ0n) is 10.0. The van der Waals surface area contributed by atoms with Crippen LogP contribution >= 0.6 is 0 Å². The van der Waals surface area contributed by atoms with Gasteiger partial charge in [0.1, 0.15) is 0 Å². The molecule has 1 aliphatic heterocycles. The molecule has 2 amide bonds. The molecule has 1 aromatic rings. The lowest BCUT2D eigenvalue weighted by Gasteiger charge is -2.33. The molecule has 0 spiro atoms. The molecular weight excluding hydrogens is 216 g/mol. The summed E-state index contributed by atoms with van der Waals surface area (Å²) in [5, 5.41) is 6.07. The Balaban J connectivity index is 1.96. The van der Waals surface area contributed by atoms with Gasteiger partial charge in [-0.2, -0.15) is 0 Å². The van der Waals surface area contributed by atoms with E-state index in [2.05, 4.69) is 15.6 Å². The van der Waals surface area contributed by atoms with Crippen LogP contribution in [0.4, 0.5) is 4.79 Å². The second-order valence-corrected chi connectivity index (χ2v) is 4.35. The highest BCUT2D eigenvalue weighted by Gasteiger charge is 2.24. The number of urea groups is 1. The molecule has 1 atom stereocenters. The zero-order valence-corrected chi connectivity index (χ0v) is 10.0. The molecule has 0 bridgehead atoms. The van der Waals surface area contributed by atoms with E-state index in [-0.39, 0.29) is 6.03 Å². The summed E-state index contributed by atoms with van der Waals surface area (Å²) in [6.45, 7) is 3.13. The van der Waals surface area contributed by atoms with E-state index in [1.54, 1.807) is 12.4 Å². The lowest BCUT2D eigenvalue weighted by Crippen LogP contribution is -2.52. The van der Waals surface area contributed by atoms with Crippen LogP contribution in [0.2, 0.25) is 0 Å². The van der Waals surface area contributed by atoms with Gasteiger partial charge in [0.05, 0.1) is 0 Å². The van der Waals surface area contributed by atoms with Gasteiger partial charge in [0.25, 0.3) is 0 Å². The Hall–Kier alpha value is -1.62. The van der Waals surface area contributed by atoms with E-state index in [9.17, 15) is 4.79 Å². The van der Waals surface area contributed by atoms with Gasteiger partial charge in [-0.25, -0.2) is 4.79 Å². The van der Waals surface area contributed by atoms with E-state index in [1.165, 1.54) is 0 Å². The Morgan fingerprint density at radius 3 is 3.00 bits per heavy atom. The van der Waals surface area contributed by atoms with Crippen molar-refractivity contribution in [2.75, 3.05) is 26.7 Å². The molecule has 2 rings (SSSR count). The first-order valence-electron chi connectivity index (χ1n) is 5.86. The molecule has 0 radical (unpaired) electrons. The average Bonchev–Trinajstić information content (AvgIpc) is 2.35. The van der Waals surface area contributed by atoms with E-state index in [1.807, 2.05) is 24.1 Å². The molecule has 1 fully saturated rings. The molecule has 1 aromatic heterocycles. The molecule has 1 aliphatic rings. The summed E-state index contributed by atoms with van der Waals surface area (Å²) in [5.41, 5.74) is 1.11. The average molecular weight is 234 g/mol. The molecule has 1 saturated heterocycles. The molecule has 5 nitrogen and oxygen atoms in total. The predicted octanol–water partition coefficient (Wildman–Crippen LogP) is 0.442. The van der Waals surface area contributed by atoms with Gasteiger partial charge in [0.2, 0.25) is 0 Å². The fourth-order valence-corrected chi connectivity index (χ4v) is 2.07. The van der Waals surface area contributed by atoms with E-state index >= 15 is 0 Å². The van der Waals surface area contributed by atoms with Crippen molar-refractivity contribution in [1.29, 1.82) is 0 Å². The maximum absolute atomic E-state index is 11.7. The number of hydrogen-bond acceptors (Lipinski definition) is 3. The van der Waals surface area contributed by atoms with Crippen molar-refractivity contribution in [3.05, 3.63) is 30.1 Å². The molecule has 0 aliphatic carbocycles. The van der Waals surface area contributed by atoms with Gasteiger partial charge in [-0.1, -0.05) is 0 Å². The minimum Gasteiger partial charge on any atom is -0.338 e. The number of aromatic nitrogens is 1. The SMILES string of the molecule is CNCC1CNC(=O)N(Cc2ccncc2)C1. The van der Waals surface area contributed by atoms with Crippen molar-refractivity contribution >= 4 is 6.03 Å². The van der Waals surface area contributed by atoms with E-state index in [0.29, 0.717) is 12.5 Å². The van der Waals surface area contributed by atoms with Gasteiger partial charge in [-0.15, -0.1) is 0 Å². The minimum absolute atomic E-state index is 0.0224. The van der Waals surface area contributed by atoms with Crippen LogP contribution in [0, 0.1) is 5.92 Å². The summed E-state index contributed by atoms with van der Waals surface area (Å²) in [6.07, 6.45) is 3.50. The third kappa shape index (κ3) is 3.17. The van der Waals surface area contributed by atoms with E-state index in [4.69, 9.17) is 0 Å². The first-order valence-corrected chi connectivity index (χ1v) is 5.86. The standard InChI is InChI=1S/C12H18N4O/c1-13-6-11-7-15-12(17)16(9-11)8-10-2-4-14-5-3-10/h2-5,11,13H,6-9H2,1H3,(H,15,17). The largest absolute Gasteiger partial charge is 0.338 e. The molecule has 5 heteroatoms. The Morgan fingerprint density at radius 2 is 2.29 bits per heavy atom. The highest BCUT2D eigenvalue weighted by Crippen LogP contribution is 2.10. The van der Waals surface area contributed by atoms with Gasteiger partial charge < -0.3 is 15.5 Å². The molecular formula is C12H18N4O. The summed E-state index contributed by atoms with van der Waals surface area (Å²) in [5.74, 6) is 0.472. The number of rotatable bonds is 4. The van der Waals surface area contributed by atoms with Crippen molar-refractivity contribution in [3.63, 3.8) is 0 Å². The number of hydrogen-bond donors (Lipinski definition) is 2. The van der Waals surface area contributed by atoms with Crippen LogP contribution in [0.15, 0.2) is 24.5 Å². The highest BCUT2D eigenvalue weighted by atomic mass is 16.2. The number of carbonyl (C=O) groups excluding carboxylic acids is 1. The monoisotopic (exact) mass is 234 g/mol. The Morgan fingerprint density at radius 1 is 1.53 bits per heavy atom. The molecule has 17 heavy (non-hydrogen) atoms. The first-order chi connectivity index (χ1) is 8.29. The third-order valence-corrected chi connectivity index (χ3v) is 2.92. The topological polar surface area (TPSA) is 57.3 Å². The van der Waals surface area contributed by atoms with Gasteiger partial charge in [0.15, 0.2) is 0 Å². The quantitative estimate of drug-likeness (QED) is 0.795. The normalized spacial score (nSPS) is 20.2. The molecule has 92 valence electrons. The lowest BCUT2D eigenvalue weighted by molar-refractivity contribution is 0.163. The number of amides is 2. The Kier molecular flexibility index (Phi) is 3.93. The Bertz CT molecular complexity index is 368. The maximum Gasteiger partial charge on any atom is 0.317 e. The Labute approximate surface area is 101 Å². The van der Waals surface area contributed by atoms with Crippen molar-refractivity contribution in [2.24, 2.45) is 5.92 Å². The highest BCUT2D eigenvalue weighted by molar-refractivity contribution is 5.75. The number of carbonyl (C=O) groups is 1. The summed E-state index contributed by atoms with van der Waals surface area (Å²) in [7, 11) is 1.93. The van der Waals surface area contributed by atoms with Crippen LogP contribution in [-0.2, 0) is 6.54 Å². The van der Waals surface area contributed by atoms with E-state index in [0.717, 1.165) is 25.2 Å². The van der Waals surface area contributed by atoms with Crippen molar-refractivity contribution in [3.8, 4) is 0 Å². The number of nitrogens with one attached hydrogen (secondary N) is 2. The van der Waals surface area contributed by atoms with Gasteiger partial charge in [-0.05, 0) is 24.7 Å². The molecule has 1 unspecified atom stereocenters. The summed E-state index contributed by atoms with van der Waals surface area (Å²) in [4.78, 5) is 17.5. The fourth-order valence-electron chi connectivity index (χ4n) is 2.07. The molecule has 0 saturated carbocycles. The molecule has 2 N–H and O–H groups in total. The van der Waals surface area contributed by atoms with E-state index < -0.39 is 0 Å². The predicted molar refractivity (Wildman–Crippen MR) is 65.5 cm³/mol. The van der Waals surface area contributed by atoms with Crippen LogP contribution in [0.5, 0.6) is 0 Å². The maximum atomic E-state index is 11.7. The fraction of sp³-hybridized carbons (Fsp3) is 0.500. The molecule has 0 aromatic carbocycles. The van der Waals surface area contributed by atoms with Crippen LogP contribution < -0.4 is 10.6 Å². The zero-order chi connectivity index (χ0) is 12.1. The van der Waals surface area contributed by atoms with Gasteiger partial charge >= 0.3 is 6.03 Å². The van der Waals surface area contributed by atoms with Crippen molar-refractivity contribution in [2.45, 2.75) is 6.54 Å². The summed E-state index contributed by atoms with van der Waals surface area (Å²) < 4.78 is 0. The van der Waals surface area contributed by atoms with Crippen molar-refractivity contribution < 1.29 is 4.79 Å². The van der Waals surface area contributed by atoms with Crippen LogP contribution in [0.3, 0.4) is 0 Å². The summed E-state index contributed by atoms with van der Waals surface area (Å²) in [6, 6.07) is 3.90. The summed E-state index contributed by atoms with van der Waals surface area (Å²) >= 11 is 0. The van der Waals surface area contributed by atoms with Crippen LogP contribution in [0.25, 0.3) is 0 Å². The van der Waals surface area contributed by atoms with Crippen LogP contribution in [0.1, 0.15) is 5.56 Å². The second-order valence-electron chi connectivity index (χ2n) is 4.35. The van der Waals surface area contributed by atoms with Gasteiger partial charge in [-0.3, -0.25) is 4.98 Å². The third-order valence-electron chi connectivity index (χ3n) is 2.92. The van der Waals surface area contributed by atoms with Crippen molar-refractivity contribution in [1.82, 2.24) is 20.5 Å². The second kappa shape index (κ2) is 5.63. The smallest absolute Gasteiger partial charge is 0.317 e. The number of pyridine rings is 1. The first kappa shape index (κ1) is 11.9. The van der Waals surface area contributed by atoms with Crippen LogP contribution in [-0.4, -0.2) is 42.6 Å².